The van der Waals surface area contributed by atoms with Crippen molar-refractivity contribution < 1.29 is 9.47 Å². The molecule has 0 N–H and O–H groups in total. The molecule has 0 aliphatic carbocycles. The first kappa shape index (κ1) is 18.7. The van der Waals surface area contributed by atoms with E-state index in [1.165, 1.54) is 10.8 Å². The smallest absolute Gasteiger partial charge is 0.178 e. The van der Waals surface area contributed by atoms with Crippen molar-refractivity contribution in [2.45, 2.75) is 19.1 Å². The summed E-state index contributed by atoms with van der Waals surface area (Å²) < 4.78 is 12.4. The molecule has 2 nitrogen and oxygen atoms in total. The van der Waals surface area contributed by atoms with Crippen molar-refractivity contribution in [3.05, 3.63) is 119 Å². The lowest BCUT2D eigenvalue weighted by atomic mass is 9.83. The fourth-order valence-corrected chi connectivity index (χ4v) is 4.18. The standard InChI is InChI=1S/C28H24O2/c1-2-29-20-21-12-15-24(16-13-21)28(23-9-4-3-5-10-23)19-18-26-25-11-7-6-8-22(25)14-17-27(26)30-28/h3-19H,2,20H2,1H3. The lowest BCUT2D eigenvalue weighted by molar-refractivity contribution is 0.134. The summed E-state index contributed by atoms with van der Waals surface area (Å²) in [6.07, 6.45) is 4.40. The minimum atomic E-state index is -0.666. The Morgan fingerprint density at radius 2 is 1.50 bits per heavy atom. The Morgan fingerprint density at radius 3 is 2.30 bits per heavy atom. The molecule has 0 amide bonds. The SMILES string of the molecule is CCOCc1ccc(C2(c3ccccc3)C=Cc3c(ccc4ccccc34)O2)cc1. The molecule has 0 fully saturated rings. The van der Waals surface area contributed by atoms with E-state index in [-0.39, 0.29) is 0 Å². The quantitative estimate of drug-likeness (QED) is 0.375. The van der Waals surface area contributed by atoms with Crippen LogP contribution >= 0.6 is 0 Å². The summed E-state index contributed by atoms with van der Waals surface area (Å²) >= 11 is 0. The van der Waals surface area contributed by atoms with Crippen molar-refractivity contribution in [2.24, 2.45) is 0 Å². The normalized spacial score (nSPS) is 17.5. The van der Waals surface area contributed by atoms with E-state index < -0.39 is 5.60 Å². The first-order valence-electron chi connectivity index (χ1n) is 10.4. The van der Waals surface area contributed by atoms with E-state index in [1.54, 1.807) is 0 Å². The number of ether oxygens (including phenoxy) is 2. The third-order valence-electron chi connectivity index (χ3n) is 5.74. The van der Waals surface area contributed by atoms with Gasteiger partial charge < -0.3 is 9.47 Å². The third kappa shape index (κ3) is 3.20. The average Bonchev–Trinajstić information content (AvgIpc) is 2.83. The zero-order valence-corrected chi connectivity index (χ0v) is 17.0. The van der Waals surface area contributed by atoms with Crippen LogP contribution in [0.1, 0.15) is 29.2 Å². The monoisotopic (exact) mass is 392 g/mol. The van der Waals surface area contributed by atoms with Gasteiger partial charge in [-0.05, 0) is 41.5 Å². The Morgan fingerprint density at radius 1 is 0.767 bits per heavy atom. The molecule has 30 heavy (non-hydrogen) atoms. The molecular weight excluding hydrogens is 368 g/mol. The van der Waals surface area contributed by atoms with E-state index in [9.17, 15) is 0 Å². The Bertz CT molecular complexity index is 1190. The van der Waals surface area contributed by atoms with Crippen molar-refractivity contribution in [1.29, 1.82) is 0 Å². The molecule has 148 valence electrons. The van der Waals surface area contributed by atoms with Gasteiger partial charge in [-0.3, -0.25) is 0 Å². The second kappa shape index (κ2) is 7.81. The van der Waals surface area contributed by atoms with Gasteiger partial charge in [0.15, 0.2) is 5.60 Å². The van der Waals surface area contributed by atoms with Gasteiger partial charge in [-0.2, -0.15) is 0 Å². The van der Waals surface area contributed by atoms with E-state index in [4.69, 9.17) is 9.47 Å². The van der Waals surface area contributed by atoms with Crippen LogP contribution in [0.25, 0.3) is 16.8 Å². The molecule has 0 bridgehead atoms. The molecule has 1 heterocycles. The van der Waals surface area contributed by atoms with Crippen LogP contribution in [0.15, 0.2) is 97.1 Å². The summed E-state index contributed by atoms with van der Waals surface area (Å²) in [6.45, 7) is 3.35. The van der Waals surface area contributed by atoms with E-state index in [1.807, 2.05) is 13.0 Å². The van der Waals surface area contributed by atoms with Crippen molar-refractivity contribution in [1.82, 2.24) is 0 Å². The zero-order chi connectivity index (χ0) is 20.4. The highest BCUT2D eigenvalue weighted by molar-refractivity contribution is 5.94. The highest BCUT2D eigenvalue weighted by Crippen LogP contribution is 2.44. The minimum Gasteiger partial charge on any atom is -0.473 e. The van der Waals surface area contributed by atoms with Crippen LogP contribution < -0.4 is 4.74 Å². The van der Waals surface area contributed by atoms with Crippen LogP contribution in [0.3, 0.4) is 0 Å². The van der Waals surface area contributed by atoms with Crippen molar-refractivity contribution in [2.75, 3.05) is 6.61 Å². The highest BCUT2D eigenvalue weighted by atomic mass is 16.5. The van der Waals surface area contributed by atoms with Crippen LogP contribution in [0.5, 0.6) is 5.75 Å². The van der Waals surface area contributed by atoms with Crippen LogP contribution in [0.4, 0.5) is 0 Å². The fourth-order valence-electron chi connectivity index (χ4n) is 4.18. The van der Waals surface area contributed by atoms with Gasteiger partial charge in [-0.1, -0.05) is 84.9 Å². The second-order valence-electron chi connectivity index (χ2n) is 7.57. The predicted molar refractivity (Wildman–Crippen MR) is 123 cm³/mol. The van der Waals surface area contributed by atoms with Crippen LogP contribution in [-0.2, 0) is 16.9 Å². The fraction of sp³-hybridized carbons (Fsp3) is 0.143. The Hall–Kier alpha value is -3.36. The van der Waals surface area contributed by atoms with Crippen molar-refractivity contribution in [3.63, 3.8) is 0 Å². The van der Waals surface area contributed by atoms with Gasteiger partial charge in [0.2, 0.25) is 0 Å². The van der Waals surface area contributed by atoms with Crippen molar-refractivity contribution in [3.8, 4) is 5.75 Å². The molecule has 1 aliphatic heterocycles. The summed E-state index contributed by atoms with van der Waals surface area (Å²) in [7, 11) is 0. The number of fused-ring (bicyclic) bond motifs is 3. The van der Waals surface area contributed by atoms with E-state index in [0.717, 1.165) is 28.0 Å². The van der Waals surface area contributed by atoms with E-state index >= 15 is 0 Å². The summed E-state index contributed by atoms with van der Waals surface area (Å²) in [5.41, 5.74) is 3.84. The summed E-state index contributed by atoms with van der Waals surface area (Å²) in [5.74, 6) is 0.901. The molecule has 4 aromatic rings. The largest absolute Gasteiger partial charge is 0.473 e. The lowest BCUT2D eigenvalue weighted by Gasteiger charge is -2.36. The van der Waals surface area contributed by atoms with Crippen molar-refractivity contribution >= 4 is 16.8 Å². The van der Waals surface area contributed by atoms with Gasteiger partial charge in [-0.25, -0.2) is 0 Å². The molecule has 5 rings (SSSR count). The molecule has 0 radical (unpaired) electrons. The topological polar surface area (TPSA) is 18.5 Å². The molecule has 1 atom stereocenters. The molecule has 4 aromatic carbocycles. The highest BCUT2D eigenvalue weighted by Gasteiger charge is 2.37. The molecule has 0 aromatic heterocycles. The minimum absolute atomic E-state index is 0.626. The molecule has 2 heteroatoms. The molecule has 0 spiro atoms. The van der Waals surface area contributed by atoms with Gasteiger partial charge in [-0.15, -0.1) is 0 Å². The Labute approximate surface area is 177 Å². The third-order valence-corrected chi connectivity index (χ3v) is 5.74. The van der Waals surface area contributed by atoms with Gasteiger partial charge in [0.25, 0.3) is 0 Å². The van der Waals surface area contributed by atoms with Gasteiger partial charge in [0, 0.05) is 23.3 Å². The maximum atomic E-state index is 6.80. The van der Waals surface area contributed by atoms with Gasteiger partial charge in [0.1, 0.15) is 5.75 Å². The number of rotatable bonds is 5. The van der Waals surface area contributed by atoms with E-state index in [2.05, 4.69) is 97.1 Å². The Kier molecular flexibility index (Phi) is 4.86. The summed E-state index contributed by atoms with van der Waals surface area (Å²) in [6, 6.07) is 31.6. The van der Waals surface area contributed by atoms with Crippen LogP contribution in [-0.4, -0.2) is 6.61 Å². The molecule has 1 unspecified atom stereocenters. The molecule has 0 saturated carbocycles. The summed E-state index contributed by atoms with van der Waals surface area (Å²) in [5, 5.41) is 2.43. The van der Waals surface area contributed by atoms with E-state index in [0.29, 0.717) is 13.2 Å². The van der Waals surface area contributed by atoms with Gasteiger partial charge in [0.05, 0.1) is 6.61 Å². The van der Waals surface area contributed by atoms with Crippen LogP contribution in [0.2, 0.25) is 0 Å². The lowest BCUT2D eigenvalue weighted by Crippen LogP contribution is -2.34. The number of hydrogen-bond donors (Lipinski definition) is 0. The maximum Gasteiger partial charge on any atom is 0.178 e. The Balaban J connectivity index is 1.63. The first-order chi connectivity index (χ1) is 14.8. The maximum absolute atomic E-state index is 6.80. The second-order valence-corrected chi connectivity index (χ2v) is 7.57. The average molecular weight is 392 g/mol. The molecule has 1 aliphatic rings. The van der Waals surface area contributed by atoms with Gasteiger partial charge >= 0.3 is 0 Å². The predicted octanol–water partition coefficient (Wildman–Crippen LogP) is 6.73. The summed E-state index contributed by atoms with van der Waals surface area (Å²) in [4.78, 5) is 0. The van der Waals surface area contributed by atoms with Crippen LogP contribution in [0, 0.1) is 0 Å². The molecular formula is C28H24O2. The number of benzene rings is 4. The first-order valence-corrected chi connectivity index (χ1v) is 10.4. The zero-order valence-electron chi connectivity index (χ0n) is 17.0. The molecule has 0 saturated heterocycles. The number of hydrogen-bond acceptors (Lipinski definition) is 2.